The summed E-state index contributed by atoms with van der Waals surface area (Å²) in [7, 11) is 1.86. The molecule has 0 amide bonds. The maximum absolute atomic E-state index is 5.53. The number of nitrogens with zero attached hydrogens (tertiary/aromatic N) is 1. The van der Waals surface area contributed by atoms with E-state index in [1.807, 2.05) is 7.11 Å². The van der Waals surface area contributed by atoms with Gasteiger partial charge in [0.2, 0.25) is 0 Å². The summed E-state index contributed by atoms with van der Waals surface area (Å²) in [5.41, 5.74) is 0.999. The molecular formula is C16H32N2O. The van der Waals surface area contributed by atoms with Crippen LogP contribution in [0.3, 0.4) is 0 Å². The highest BCUT2D eigenvalue weighted by molar-refractivity contribution is 4.90. The summed E-state index contributed by atoms with van der Waals surface area (Å²) in [6.45, 7) is 11.8. The fourth-order valence-corrected chi connectivity index (χ4v) is 3.69. The highest BCUT2D eigenvalue weighted by Gasteiger charge is 2.36. The van der Waals surface area contributed by atoms with Crippen LogP contribution in [0.2, 0.25) is 0 Å². The topological polar surface area (TPSA) is 24.5 Å². The van der Waals surface area contributed by atoms with Gasteiger partial charge in [-0.05, 0) is 57.3 Å². The summed E-state index contributed by atoms with van der Waals surface area (Å²) in [5.74, 6) is 0. The van der Waals surface area contributed by atoms with Gasteiger partial charge in [-0.2, -0.15) is 0 Å². The average molecular weight is 268 g/mol. The Morgan fingerprint density at radius 2 is 1.74 bits per heavy atom. The molecule has 0 unspecified atom stereocenters. The third-order valence-electron chi connectivity index (χ3n) is 5.59. The van der Waals surface area contributed by atoms with E-state index in [1.54, 1.807) is 0 Å². The predicted octanol–water partition coefficient (Wildman–Crippen LogP) is 2.51. The lowest BCUT2D eigenvalue weighted by molar-refractivity contribution is 0.00438. The lowest BCUT2D eigenvalue weighted by Gasteiger charge is -2.45. The van der Waals surface area contributed by atoms with Crippen LogP contribution in [0.4, 0.5) is 0 Å². The van der Waals surface area contributed by atoms with Crippen LogP contribution in [0.5, 0.6) is 0 Å². The highest BCUT2D eigenvalue weighted by atomic mass is 16.5. The van der Waals surface area contributed by atoms with Crippen molar-refractivity contribution in [3.8, 4) is 0 Å². The Hall–Kier alpha value is -0.120. The number of rotatable bonds is 5. The zero-order valence-electron chi connectivity index (χ0n) is 13.1. The molecule has 0 bridgehead atoms. The summed E-state index contributed by atoms with van der Waals surface area (Å²) in [6.07, 6.45) is 6.59. The minimum Gasteiger partial charge on any atom is -0.384 e. The van der Waals surface area contributed by atoms with E-state index in [1.165, 1.54) is 51.7 Å². The van der Waals surface area contributed by atoms with Crippen LogP contribution in [0.1, 0.15) is 46.0 Å². The zero-order chi connectivity index (χ0) is 13.8. The van der Waals surface area contributed by atoms with Crippen LogP contribution in [-0.4, -0.2) is 51.3 Å². The molecule has 2 aliphatic rings. The van der Waals surface area contributed by atoms with Gasteiger partial charge in [0.15, 0.2) is 0 Å². The highest BCUT2D eigenvalue weighted by Crippen LogP contribution is 2.36. The van der Waals surface area contributed by atoms with E-state index >= 15 is 0 Å². The quantitative estimate of drug-likeness (QED) is 0.829. The largest absolute Gasteiger partial charge is 0.384 e. The first kappa shape index (κ1) is 15.3. The molecule has 3 nitrogen and oxygen atoms in total. The molecule has 0 spiro atoms. The van der Waals surface area contributed by atoms with Crippen LogP contribution in [0.15, 0.2) is 0 Å². The Balaban J connectivity index is 1.88. The van der Waals surface area contributed by atoms with Gasteiger partial charge in [0.05, 0.1) is 6.61 Å². The number of nitrogens with one attached hydrogen (secondary N) is 1. The third kappa shape index (κ3) is 3.93. The fourth-order valence-electron chi connectivity index (χ4n) is 3.69. The van der Waals surface area contributed by atoms with E-state index in [-0.39, 0.29) is 0 Å². The second-order valence-electron chi connectivity index (χ2n) is 7.12. The molecule has 3 heteroatoms. The molecule has 0 aromatic heterocycles. The average Bonchev–Trinajstić information content (AvgIpc) is 2.43. The minimum absolute atomic E-state index is 0.403. The van der Waals surface area contributed by atoms with E-state index in [0.29, 0.717) is 10.8 Å². The SMILES string of the molecule is CCC1(C)CCN(CC2(COC)CCNCC2)CC1. The van der Waals surface area contributed by atoms with Crippen molar-refractivity contribution in [1.82, 2.24) is 10.2 Å². The molecule has 2 heterocycles. The molecule has 0 aromatic carbocycles. The molecule has 0 radical (unpaired) electrons. The molecule has 2 fully saturated rings. The van der Waals surface area contributed by atoms with E-state index in [4.69, 9.17) is 4.74 Å². The summed E-state index contributed by atoms with van der Waals surface area (Å²) < 4.78 is 5.53. The van der Waals surface area contributed by atoms with E-state index in [9.17, 15) is 0 Å². The van der Waals surface area contributed by atoms with Crippen LogP contribution < -0.4 is 5.32 Å². The van der Waals surface area contributed by atoms with Crippen molar-refractivity contribution < 1.29 is 4.74 Å². The smallest absolute Gasteiger partial charge is 0.0531 e. The summed E-state index contributed by atoms with van der Waals surface area (Å²) in [5, 5.41) is 3.48. The number of ether oxygens (including phenoxy) is 1. The first-order valence-electron chi connectivity index (χ1n) is 8.03. The van der Waals surface area contributed by atoms with Crippen molar-refractivity contribution in [1.29, 1.82) is 0 Å². The molecule has 0 aromatic rings. The first-order chi connectivity index (χ1) is 9.11. The molecule has 112 valence electrons. The molecular weight excluding hydrogens is 236 g/mol. The Kier molecular flexibility index (Phi) is 5.27. The van der Waals surface area contributed by atoms with Gasteiger partial charge in [-0.3, -0.25) is 0 Å². The van der Waals surface area contributed by atoms with Crippen LogP contribution in [0.25, 0.3) is 0 Å². The standard InChI is InChI=1S/C16H32N2O/c1-4-15(2)7-11-18(12-8-15)13-16(14-19-3)5-9-17-10-6-16/h17H,4-14H2,1-3H3. The van der Waals surface area contributed by atoms with Crippen molar-refractivity contribution in [3.05, 3.63) is 0 Å². The van der Waals surface area contributed by atoms with Crippen LogP contribution in [-0.2, 0) is 4.74 Å². The summed E-state index contributed by atoms with van der Waals surface area (Å²) >= 11 is 0. The normalized spacial score (nSPS) is 27.3. The second kappa shape index (κ2) is 6.55. The van der Waals surface area contributed by atoms with Gasteiger partial charge < -0.3 is 15.0 Å². The Morgan fingerprint density at radius 1 is 1.11 bits per heavy atom. The Labute approximate surface area is 119 Å². The molecule has 1 N–H and O–H groups in total. The van der Waals surface area contributed by atoms with Crippen molar-refractivity contribution >= 4 is 0 Å². The van der Waals surface area contributed by atoms with Gasteiger partial charge in [-0.1, -0.05) is 20.3 Å². The predicted molar refractivity (Wildman–Crippen MR) is 80.5 cm³/mol. The molecule has 19 heavy (non-hydrogen) atoms. The number of likely N-dealkylation sites (tertiary alicyclic amines) is 1. The van der Waals surface area contributed by atoms with Gasteiger partial charge >= 0.3 is 0 Å². The van der Waals surface area contributed by atoms with Crippen molar-refractivity contribution in [2.75, 3.05) is 46.4 Å². The molecule has 0 aliphatic carbocycles. The second-order valence-corrected chi connectivity index (χ2v) is 7.12. The minimum atomic E-state index is 0.403. The summed E-state index contributed by atoms with van der Waals surface area (Å²) in [4.78, 5) is 2.70. The van der Waals surface area contributed by atoms with Gasteiger partial charge in [0.25, 0.3) is 0 Å². The first-order valence-corrected chi connectivity index (χ1v) is 8.03. The van der Waals surface area contributed by atoms with Crippen molar-refractivity contribution in [2.45, 2.75) is 46.0 Å². The van der Waals surface area contributed by atoms with Gasteiger partial charge in [0.1, 0.15) is 0 Å². The Bertz CT molecular complexity index is 260. The number of methoxy groups -OCH3 is 1. The molecule has 0 atom stereocenters. The monoisotopic (exact) mass is 268 g/mol. The lowest BCUT2D eigenvalue weighted by Crippen LogP contribution is -2.50. The third-order valence-corrected chi connectivity index (χ3v) is 5.59. The van der Waals surface area contributed by atoms with Crippen LogP contribution >= 0.6 is 0 Å². The molecule has 2 saturated heterocycles. The lowest BCUT2D eigenvalue weighted by atomic mass is 9.75. The van der Waals surface area contributed by atoms with Gasteiger partial charge in [0, 0.05) is 19.1 Å². The maximum atomic E-state index is 5.53. The maximum Gasteiger partial charge on any atom is 0.0531 e. The van der Waals surface area contributed by atoms with E-state index in [0.717, 1.165) is 19.7 Å². The zero-order valence-corrected chi connectivity index (χ0v) is 13.1. The van der Waals surface area contributed by atoms with E-state index < -0.39 is 0 Å². The van der Waals surface area contributed by atoms with Crippen LogP contribution in [0, 0.1) is 10.8 Å². The van der Waals surface area contributed by atoms with Crippen molar-refractivity contribution in [3.63, 3.8) is 0 Å². The van der Waals surface area contributed by atoms with Gasteiger partial charge in [-0.15, -0.1) is 0 Å². The fraction of sp³-hybridized carbons (Fsp3) is 1.00. The Morgan fingerprint density at radius 3 is 2.26 bits per heavy atom. The number of piperidine rings is 2. The van der Waals surface area contributed by atoms with E-state index in [2.05, 4.69) is 24.1 Å². The molecule has 0 saturated carbocycles. The molecule has 2 rings (SSSR count). The van der Waals surface area contributed by atoms with Crippen molar-refractivity contribution in [2.24, 2.45) is 10.8 Å². The number of hydrogen-bond acceptors (Lipinski definition) is 3. The van der Waals surface area contributed by atoms with Gasteiger partial charge in [-0.25, -0.2) is 0 Å². The molecule has 2 aliphatic heterocycles. The number of hydrogen-bond donors (Lipinski definition) is 1. The summed E-state index contributed by atoms with van der Waals surface area (Å²) in [6, 6.07) is 0.